The zero-order valence-corrected chi connectivity index (χ0v) is 12.4. The number of carbonyl (C=O) groups is 1. The van der Waals surface area contributed by atoms with Crippen molar-refractivity contribution in [3.63, 3.8) is 0 Å². The molecule has 1 saturated carbocycles. The third-order valence-corrected chi connectivity index (χ3v) is 4.65. The Hall–Kier alpha value is -1.55. The van der Waals surface area contributed by atoms with Gasteiger partial charge in [-0.3, -0.25) is 0 Å². The van der Waals surface area contributed by atoms with Crippen molar-refractivity contribution in [2.45, 2.75) is 57.2 Å². The van der Waals surface area contributed by atoms with Gasteiger partial charge in [-0.05, 0) is 50.3 Å². The lowest BCUT2D eigenvalue weighted by Crippen LogP contribution is -2.27. The first-order valence-corrected chi connectivity index (χ1v) is 7.73. The van der Waals surface area contributed by atoms with E-state index >= 15 is 0 Å². The van der Waals surface area contributed by atoms with Crippen molar-refractivity contribution in [2.75, 3.05) is 6.61 Å². The first-order valence-electron chi connectivity index (χ1n) is 7.73. The number of hydrogen-bond acceptors (Lipinski definition) is 3. The molecule has 4 nitrogen and oxygen atoms in total. The summed E-state index contributed by atoms with van der Waals surface area (Å²) in [6.45, 7) is 2.36. The quantitative estimate of drug-likeness (QED) is 0.921. The summed E-state index contributed by atoms with van der Waals surface area (Å²) >= 11 is 0. The topological polar surface area (TPSA) is 55.8 Å². The Balaban J connectivity index is 1.63. The van der Waals surface area contributed by atoms with Gasteiger partial charge in [0.1, 0.15) is 17.9 Å². The first-order chi connectivity index (χ1) is 10.1. The second kappa shape index (κ2) is 5.68. The lowest BCUT2D eigenvalue weighted by molar-refractivity contribution is -0.0510. The van der Waals surface area contributed by atoms with E-state index in [2.05, 4.69) is 0 Å². The minimum Gasteiger partial charge on any atom is -0.490 e. The summed E-state index contributed by atoms with van der Waals surface area (Å²) in [5, 5.41) is 9.20. The molecule has 0 aromatic heterocycles. The van der Waals surface area contributed by atoms with Gasteiger partial charge in [-0.1, -0.05) is 18.9 Å². The number of carboxylic acids is 1. The molecule has 21 heavy (non-hydrogen) atoms. The molecule has 1 aromatic carbocycles. The van der Waals surface area contributed by atoms with Gasteiger partial charge in [0, 0.05) is 0 Å². The van der Waals surface area contributed by atoms with Crippen LogP contribution < -0.4 is 4.74 Å². The van der Waals surface area contributed by atoms with Crippen LogP contribution in [0.1, 0.15) is 54.4 Å². The van der Waals surface area contributed by atoms with Crippen LogP contribution >= 0.6 is 0 Å². The van der Waals surface area contributed by atoms with Gasteiger partial charge in [0.2, 0.25) is 0 Å². The maximum atomic E-state index is 11.2. The number of rotatable bonds is 4. The predicted molar refractivity (Wildman–Crippen MR) is 78.9 cm³/mol. The fourth-order valence-corrected chi connectivity index (χ4v) is 3.51. The molecular formula is C17H22O4. The third kappa shape index (κ3) is 3.05. The number of aromatic carboxylic acids is 1. The third-order valence-electron chi connectivity index (χ3n) is 4.65. The Morgan fingerprint density at radius 2 is 2.14 bits per heavy atom. The van der Waals surface area contributed by atoms with E-state index < -0.39 is 5.97 Å². The largest absolute Gasteiger partial charge is 0.490 e. The van der Waals surface area contributed by atoms with Gasteiger partial charge < -0.3 is 14.6 Å². The van der Waals surface area contributed by atoms with Crippen molar-refractivity contribution in [2.24, 2.45) is 0 Å². The SMILES string of the molecule is Cc1ccc(C(=O)O)c(OCC2CCC3(CCCC3)O2)c1. The molecule has 1 unspecified atom stereocenters. The average Bonchev–Trinajstić information content (AvgIpc) is 3.07. The molecule has 0 radical (unpaired) electrons. The van der Waals surface area contributed by atoms with Crippen LogP contribution in [0, 0.1) is 6.92 Å². The molecule has 2 fully saturated rings. The summed E-state index contributed by atoms with van der Waals surface area (Å²) in [6, 6.07) is 5.17. The van der Waals surface area contributed by atoms with Gasteiger partial charge >= 0.3 is 5.97 Å². The summed E-state index contributed by atoms with van der Waals surface area (Å²) in [7, 11) is 0. The summed E-state index contributed by atoms with van der Waals surface area (Å²) in [4.78, 5) is 11.2. The molecule has 114 valence electrons. The van der Waals surface area contributed by atoms with Crippen molar-refractivity contribution in [1.82, 2.24) is 0 Å². The number of ether oxygens (including phenoxy) is 2. The Kier molecular flexibility index (Phi) is 3.89. The van der Waals surface area contributed by atoms with Gasteiger partial charge in [-0.2, -0.15) is 0 Å². The number of carboxylic acid groups (broad SMARTS) is 1. The monoisotopic (exact) mass is 290 g/mol. The van der Waals surface area contributed by atoms with Crippen LogP contribution in [-0.2, 0) is 4.74 Å². The molecule has 3 rings (SSSR count). The van der Waals surface area contributed by atoms with Crippen molar-refractivity contribution in [3.8, 4) is 5.75 Å². The number of aryl methyl sites for hydroxylation is 1. The zero-order chi connectivity index (χ0) is 14.9. The van der Waals surface area contributed by atoms with Crippen molar-refractivity contribution in [3.05, 3.63) is 29.3 Å². The van der Waals surface area contributed by atoms with Gasteiger partial charge in [0.15, 0.2) is 0 Å². The highest BCUT2D eigenvalue weighted by molar-refractivity contribution is 5.90. The molecule has 0 bridgehead atoms. The fourth-order valence-electron chi connectivity index (χ4n) is 3.51. The highest BCUT2D eigenvalue weighted by Gasteiger charge is 2.42. The second-order valence-corrected chi connectivity index (χ2v) is 6.28. The summed E-state index contributed by atoms with van der Waals surface area (Å²) in [6.07, 6.45) is 7.05. The van der Waals surface area contributed by atoms with E-state index in [1.807, 2.05) is 6.92 Å². The van der Waals surface area contributed by atoms with E-state index in [1.54, 1.807) is 18.2 Å². The van der Waals surface area contributed by atoms with E-state index in [0.29, 0.717) is 12.4 Å². The average molecular weight is 290 g/mol. The van der Waals surface area contributed by atoms with E-state index in [1.165, 1.54) is 12.8 Å². The van der Waals surface area contributed by atoms with Crippen LogP contribution in [0.5, 0.6) is 5.75 Å². The Morgan fingerprint density at radius 1 is 1.38 bits per heavy atom. The molecule has 1 N–H and O–H groups in total. The molecule has 1 atom stereocenters. The first kappa shape index (κ1) is 14.4. The Morgan fingerprint density at radius 3 is 2.86 bits per heavy atom. The highest BCUT2D eigenvalue weighted by Crippen LogP contribution is 2.43. The maximum absolute atomic E-state index is 11.2. The molecule has 0 amide bonds. The van der Waals surface area contributed by atoms with E-state index in [4.69, 9.17) is 9.47 Å². The van der Waals surface area contributed by atoms with Crippen LogP contribution in [0.4, 0.5) is 0 Å². The highest BCUT2D eigenvalue weighted by atomic mass is 16.6. The Bertz CT molecular complexity index is 532. The molecule has 1 spiro atoms. The smallest absolute Gasteiger partial charge is 0.339 e. The minimum atomic E-state index is -0.954. The van der Waals surface area contributed by atoms with Crippen LogP contribution in [0.25, 0.3) is 0 Å². The van der Waals surface area contributed by atoms with Gasteiger partial charge in [0.05, 0.1) is 11.7 Å². The number of hydrogen-bond donors (Lipinski definition) is 1. The van der Waals surface area contributed by atoms with Crippen molar-refractivity contribution < 1.29 is 19.4 Å². The lowest BCUT2D eigenvalue weighted by Gasteiger charge is -2.24. The summed E-state index contributed by atoms with van der Waals surface area (Å²) in [5.74, 6) is -0.511. The van der Waals surface area contributed by atoms with Crippen molar-refractivity contribution >= 4 is 5.97 Å². The summed E-state index contributed by atoms with van der Waals surface area (Å²) < 4.78 is 11.9. The molecule has 1 aromatic rings. The second-order valence-electron chi connectivity index (χ2n) is 6.28. The number of benzene rings is 1. The van der Waals surface area contributed by atoms with E-state index in [0.717, 1.165) is 31.2 Å². The van der Waals surface area contributed by atoms with E-state index in [-0.39, 0.29) is 17.3 Å². The lowest BCUT2D eigenvalue weighted by atomic mass is 9.98. The maximum Gasteiger partial charge on any atom is 0.339 e. The zero-order valence-electron chi connectivity index (χ0n) is 12.4. The van der Waals surface area contributed by atoms with Crippen LogP contribution in [0.3, 0.4) is 0 Å². The van der Waals surface area contributed by atoms with Crippen LogP contribution in [0.15, 0.2) is 18.2 Å². The van der Waals surface area contributed by atoms with Crippen LogP contribution in [-0.4, -0.2) is 29.4 Å². The standard InChI is InChI=1S/C17H22O4/c1-12-4-5-14(16(18)19)15(10-12)20-11-13-6-9-17(21-13)7-2-3-8-17/h4-5,10,13H,2-3,6-9,11H2,1H3,(H,18,19). The van der Waals surface area contributed by atoms with Crippen molar-refractivity contribution in [1.29, 1.82) is 0 Å². The van der Waals surface area contributed by atoms with Gasteiger partial charge in [-0.25, -0.2) is 4.79 Å². The molecule has 1 saturated heterocycles. The summed E-state index contributed by atoms with van der Waals surface area (Å²) in [5.41, 5.74) is 1.31. The molecule has 1 aliphatic heterocycles. The predicted octanol–water partition coefficient (Wildman–Crippen LogP) is 3.56. The van der Waals surface area contributed by atoms with E-state index in [9.17, 15) is 9.90 Å². The molecule has 1 heterocycles. The van der Waals surface area contributed by atoms with Crippen LogP contribution in [0.2, 0.25) is 0 Å². The Labute approximate surface area is 125 Å². The molecule has 2 aliphatic rings. The molecule has 1 aliphatic carbocycles. The normalized spacial score (nSPS) is 23.6. The molecule has 4 heteroatoms. The minimum absolute atomic E-state index is 0.0882. The molecular weight excluding hydrogens is 268 g/mol. The van der Waals surface area contributed by atoms with Gasteiger partial charge in [0.25, 0.3) is 0 Å². The fraction of sp³-hybridized carbons (Fsp3) is 0.588. The van der Waals surface area contributed by atoms with Gasteiger partial charge in [-0.15, -0.1) is 0 Å².